The van der Waals surface area contributed by atoms with E-state index in [2.05, 4.69) is 5.32 Å². The summed E-state index contributed by atoms with van der Waals surface area (Å²) in [6.45, 7) is 0.409. The Morgan fingerprint density at radius 3 is 2.18 bits per heavy atom. The molecular weight excluding hydrogens is 300 g/mol. The number of primary amides is 1. The van der Waals surface area contributed by atoms with Crippen LogP contribution in [0.4, 0.5) is 0 Å². The van der Waals surface area contributed by atoms with Gasteiger partial charge in [-0.2, -0.15) is 0 Å². The Morgan fingerprint density at radius 2 is 1.68 bits per heavy atom. The van der Waals surface area contributed by atoms with Crippen LogP contribution in [-0.2, 0) is 21.2 Å². The van der Waals surface area contributed by atoms with Crippen LogP contribution in [0.3, 0.4) is 0 Å². The molecule has 0 spiro atoms. The molecule has 6 heteroatoms. The molecule has 22 heavy (non-hydrogen) atoms. The van der Waals surface area contributed by atoms with Crippen molar-refractivity contribution in [3.8, 4) is 0 Å². The number of hydrogen-bond acceptors (Lipinski definition) is 4. The first kappa shape index (κ1) is 16.2. The van der Waals surface area contributed by atoms with Crippen LogP contribution in [0.15, 0.2) is 59.5 Å². The second-order valence-corrected chi connectivity index (χ2v) is 7.06. The molecule has 0 aliphatic carbocycles. The van der Waals surface area contributed by atoms with Crippen molar-refractivity contribution in [3.05, 3.63) is 65.7 Å². The topological polar surface area (TPSA) is 89.3 Å². The van der Waals surface area contributed by atoms with Crippen molar-refractivity contribution in [2.75, 3.05) is 6.26 Å². The highest BCUT2D eigenvalue weighted by atomic mass is 32.2. The molecule has 2 rings (SSSR count). The van der Waals surface area contributed by atoms with Crippen molar-refractivity contribution in [3.63, 3.8) is 0 Å². The maximum atomic E-state index is 11.6. The van der Waals surface area contributed by atoms with Crippen LogP contribution in [0.5, 0.6) is 0 Å². The highest BCUT2D eigenvalue weighted by molar-refractivity contribution is 7.90. The van der Waals surface area contributed by atoms with Gasteiger partial charge in [0.1, 0.15) is 6.04 Å². The third-order valence-electron chi connectivity index (χ3n) is 3.28. The van der Waals surface area contributed by atoms with Gasteiger partial charge in [-0.3, -0.25) is 10.1 Å². The van der Waals surface area contributed by atoms with Crippen LogP contribution in [0.2, 0.25) is 0 Å². The van der Waals surface area contributed by atoms with E-state index in [1.807, 2.05) is 30.3 Å². The Morgan fingerprint density at radius 1 is 1.09 bits per heavy atom. The lowest BCUT2D eigenvalue weighted by Crippen LogP contribution is -2.33. The largest absolute Gasteiger partial charge is 0.368 e. The highest BCUT2D eigenvalue weighted by Gasteiger charge is 2.16. The summed E-state index contributed by atoms with van der Waals surface area (Å²) >= 11 is 0. The fourth-order valence-electron chi connectivity index (χ4n) is 2.10. The van der Waals surface area contributed by atoms with Crippen LogP contribution in [0.1, 0.15) is 17.2 Å². The average Bonchev–Trinajstić information content (AvgIpc) is 2.48. The fraction of sp³-hybridized carbons (Fsp3) is 0.188. The van der Waals surface area contributed by atoms with Gasteiger partial charge in [0, 0.05) is 12.8 Å². The van der Waals surface area contributed by atoms with Crippen molar-refractivity contribution in [1.82, 2.24) is 5.32 Å². The summed E-state index contributed by atoms with van der Waals surface area (Å²) in [6.07, 6.45) is 1.17. The summed E-state index contributed by atoms with van der Waals surface area (Å²) in [6, 6.07) is 15.1. The molecule has 1 atom stereocenters. The molecule has 5 nitrogen and oxygen atoms in total. The van der Waals surface area contributed by atoms with E-state index in [-0.39, 0.29) is 4.90 Å². The van der Waals surface area contributed by atoms with Crippen LogP contribution >= 0.6 is 0 Å². The van der Waals surface area contributed by atoms with E-state index in [4.69, 9.17) is 5.73 Å². The third kappa shape index (κ3) is 4.16. The Labute approximate surface area is 130 Å². The molecule has 1 amide bonds. The molecule has 2 aromatic rings. The molecule has 0 saturated carbocycles. The minimum atomic E-state index is -3.20. The Balaban J connectivity index is 2.09. The first-order valence-electron chi connectivity index (χ1n) is 6.74. The molecule has 0 aliphatic rings. The smallest absolute Gasteiger partial charge is 0.239 e. The number of nitrogens with one attached hydrogen (secondary N) is 1. The van der Waals surface area contributed by atoms with Gasteiger partial charge in [0.25, 0.3) is 0 Å². The minimum absolute atomic E-state index is 0.269. The van der Waals surface area contributed by atoms with Crippen molar-refractivity contribution in [2.24, 2.45) is 5.73 Å². The molecular formula is C16H18N2O3S. The van der Waals surface area contributed by atoms with Crippen molar-refractivity contribution in [1.29, 1.82) is 0 Å². The van der Waals surface area contributed by atoms with Crippen LogP contribution in [0, 0.1) is 0 Å². The summed E-state index contributed by atoms with van der Waals surface area (Å²) in [4.78, 5) is 11.9. The first-order chi connectivity index (χ1) is 10.4. The fourth-order valence-corrected chi connectivity index (χ4v) is 2.73. The van der Waals surface area contributed by atoms with Gasteiger partial charge in [-0.15, -0.1) is 0 Å². The van der Waals surface area contributed by atoms with Gasteiger partial charge in [-0.05, 0) is 23.3 Å². The van der Waals surface area contributed by atoms with Crippen LogP contribution < -0.4 is 11.1 Å². The van der Waals surface area contributed by atoms with Crippen LogP contribution in [0.25, 0.3) is 0 Å². The second kappa shape index (κ2) is 6.72. The van der Waals surface area contributed by atoms with E-state index >= 15 is 0 Å². The van der Waals surface area contributed by atoms with E-state index in [0.717, 1.165) is 11.1 Å². The molecule has 0 aliphatic heterocycles. The van der Waals surface area contributed by atoms with Crippen molar-refractivity contribution >= 4 is 15.7 Å². The maximum Gasteiger partial charge on any atom is 0.239 e. The van der Waals surface area contributed by atoms with Crippen molar-refractivity contribution in [2.45, 2.75) is 17.5 Å². The molecule has 0 fully saturated rings. The van der Waals surface area contributed by atoms with E-state index in [9.17, 15) is 13.2 Å². The van der Waals surface area contributed by atoms with Crippen molar-refractivity contribution < 1.29 is 13.2 Å². The molecule has 0 saturated heterocycles. The zero-order chi connectivity index (χ0) is 16.2. The number of carbonyl (C=O) groups excluding carboxylic acids is 1. The molecule has 116 valence electrons. The van der Waals surface area contributed by atoms with Gasteiger partial charge in [-0.25, -0.2) is 8.42 Å². The van der Waals surface area contributed by atoms with Gasteiger partial charge in [0.2, 0.25) is 5.91 Å². The third-order valence-corrected chi connectivity index (χ3v) is 4.41. The summed E-state index contributed by atoms with van der Waals surface area (Å²) in [5.74, 6) is -0.459. The number of amides is 1. The van der Waals surface area contributed by atoms with Crippen LogP contribution in [-0.4, -0.2) is 20.6 Å². The van der Waals surface area contributed by atoms with E-state index in [1.54, 1.807) is 24.3 Å². The summed E-state index contributed by atoms with van der Waals surface area (Å²) < 4.78 is 22.8. The zero-order valence-corrected chi connectivity index (χ0v) is 13.0. The van der Waals surface area contributed by atoms with Gasteiger partial charge in [0.15, 0.2) is 9.84 Å². The number of benzene rings is 2. The summed E-state index contributed by atoms with van der Waals surface area (Å²) in [7, 11) is -3.20. The van der Waals surface area contributed by atoms with Gasteiger partial charge < -0.3 is 5.73 Å². The standard InChI is InChI=1S/C16H18N2O3S/c1-22(20,21)14-9-7-12(8-10-14)11-18-15(16(17)19)13-5-3-2-4-6-13/h2-10,15,18H,11H2,1H3,(H2,17,19). The predicted molar refractivity (Wildman–Crippen MR) is 84.8 cm³/mol. The lowest BCUT2D eigenvalue weighted by atomic mass is 10.1. The molecule has 2 aromatic carbocycles. The average molecular weight is 318 g/mol. The Kier molecular flexibility index (Phi) is 4.95. The minimum Gasteiger partial charge on any atom is -0.368 e. The molecule has 0 radical (unpaired) electrons. The number of sulfone groups is 1. The molecule has 0 aromatic heterocycles. The van der Waals surface area contributed by atoms with E-state index < -0.39 is 21.8 Å². The van der Waals surface area contributed by atoms with Gasteiger partial charge >= 0.3 is 0 Å². The predicted octanol–water partition coefficient (Wildman–Crippen LogP) is 1.41. The summed E-state index contributed by atoms with van der Waals surface area (Å²) in [5.41, 5.74) is 7.10. The van der Waals surface area contributed by atoms with E-state index in [1.165, 1.54) is 6.26 Å². The summed E-state index contributed by atoms with van der Waals surface area (Å²) in [5, 5.41) is 3.09. The lowest BCUT2D eigenvalue weighted by Gasteiger charge is -2.16. The quantitative estimate of drug-likeness (QED) is 0.842. The zero-order valence-electron chi connectivity index (χ0n) is 12.2. The number of hydrogen-bond donors (Lipinski definition) is 2. The van der Waals surface area contributed by atoms with Gasteiger partial charge in [-0.1, -0.05) is 42.5 Å². The monoisotopic (exact) mass is 318 g/mol. The molecule has 0 bridgehead atoms. The number of nitrogens with two attached hydrogens (primary N) is 1. The van der Waals surface area contributed by atoms with E-state index in [0.29, 0.717) is 6.54 Å². The molecule has 0 heterocycles. The molecule has 3 N–H and O–H groups in total. The number of rotatable bonds is 6. The Bertz CT molecular complexity index is 741. The lowest BCUT2D eigenvalue weighted by molar-refractivity contribution is -0.120. The molecule has 1 unspecified atom stereocenters. The highest BCUT2D eigenvalue weighted by Crippen LogP contribution is 2.14. The van der Waals surface area contributed by atoms with Gasteiger partial charge in [0.05, 0.1) is 4.90 Å². The normalized spacial score (nSPS) is 12.8. The second-order valence-electron chi connectivity index (χ2n) is 5.04. The first-order valence-corrected chi connectivity index (χ1v) is 8.64. The number of carbonyl (C=O) groups is 1. The SMILES string of the molecule is CS(=O)(=O)c1ccc(CNC(C(N)=O)c2ccccc2)cc1. The Hall–Kier alpha value is -2.18. The maximum absolute atomic E-state index is 11.6.